The Morgan fingerprint density at radius 1 is 1.29 bits per heavy atom. The van der Waals surface area contributed by atoms with E-state index in [0.717, 1.165) is 61.4 Å². The SMILES string of the molecule is CC(=O)N[C@@H](CCN1C2CCC1CC(OC(=O)N1CCc3[nH]c(C)nc3C1)C2)c1cccc(F)c1. The highest BCUT2D eigenvalue weighted by atomic mass is 19.1. The zero-order valence-electron chi connectivity index (χ0n) is 20.4. The number of imidazole rings is 1. The molecule has 3 aliphatic heterocycles. The number of ether oxygens (including phenoxy) is 1. The summed E-state index contributed by atoms with van der Waals surface area (Å²) in [6.45, 7) is 5.37. The minimum absolute atomic E-state index is 0.0760. The maximum absolute atomic E-state index is 13.8. The van der Waals surface area contributed by atoms with E-state index in [9.17, 15) is 14.0 Å². The van der Waals surface area contributed by atoms with E-state index in [1.807, 2.05) is 13.0 Å². The van der Waals surface area contributed by atoms with Gasteiger partial charge in [0.05, 0.1) is 18.3 Å². The lowest BCUT2D eigenvalue weighted by Crippen LogP contribution is -2.48. The van der Waals surface area contributed by atoms with Crippen molar-refractivity contribution in [3.63, 3.8) is 0 Å². The van der Waals surface area contributed by atoms with Crippen LogP contribution in [0.15, 0.2) is 24.3 Å². The third-order valence-corrected chi connectivity index (χ3v) is 7.63. The van der Waals surface area contributed by atoms with Crippen LogP contribution in [0.25, 0.3) is 0 Å². The molecule has 2 saturated heterocycles. The third-order valence-electron chi connectivity index (χ3n) is 7.63. The van der Waals surface area contributed by atoms with E-state index >= 15 is 0 Å². The van der Waals surface area contributed by atoms with Crippen LogP contribution in [0.5, 0.6) is 0 Å². The Balaban J connectivity index is 1.16. The highest BCUT2D eigenvalue weighted by molar-refractivity contribution is 5.73. The summed E-state index contributed by atoms with van der Waals surface area (Å²) in [4.78, 5) is 36.7. The molecule has 3 atom stereocenters. The Hall–Kier alpha value is -2.94. The number of fused-ring (bicyclic) bond motifs is 3. The van der Waals surface area contributed by atoms with E-state index in [1.54, 1.807) is 11.0 Å². The molecule has 2 bridgehead atoms. The van der Waals surface area contributed by atoms with E-state index in [1.165, 1.54) is 19.1 Å². The second kappa shape index (κ2) is 9.97. The monoisotopic (exact) mass is 483 g/mol. The summed E-state index contributed by atoms with van der Waals surface area (Å²) >= 11 is 0. The van der Waals surface area contributed by atoms with Crippen LogP contribution in [0.4, 0.5) is 9.18 Å². The maximum atomic E-state index is 13.8. The first kappa shape index (κ1) is 23.8. The first-order valence-electron chi connectivity index (χ1n) is 12.6. The number of nitrogens with zero attached hydrogens (tertiary/aromatic N) is 3. The molecular formula is C26H34FN5O3. The average Bonchev–Trinajstić information content (AvgIpc) is 3.30. The van der Waals surface area contributed by atoms with Crippen molar-refractivity contribution in [1.82, 2.24) is 25.1 Å². The molecule has 35 heavy (non-hydrogen) atoms. The van der Waals surface area contributed by atoms with Crippen molar-refractivity contribution in [2.45, 2.75) is 83.1 Å². The molecule has 2 N–H and O–H groups in total. The predicted molar refractivity (Wildman–Crippen MR) is 128 cm³/mol. The number of piperidine rings is 1. The van der Waals surface area contributed by atoms with E-state index in [-0.39, 0.29) is 30.0 Å². The number of halogens is 1. The predicted octanol–water partition coefficient (Wildman–Crippen LogP) is 3.61. The Morgan fingerprint density at radius 2 is 2.06 bits per heavy atom. The van der Waals surface area contributed by atoms with Gasteiger partial charge in [-0.05, 0) is 43.9 Å². The molecular weight excluding hydrogens is 449 g/mol. The smallest absolute Gasteiger partial charge is 0.410 e. The largest absolute Gasteiger partial charge is 0.446 e. The first-order chi connectivity index (χ1) is 16.9. The number of benzene rings is 1. The topological polar surface area (TPSA) is 90.6 Å². The molecule has 188 valence electrons. The molecule has 1 aromatic carbocycles. The zero-order valence-corrected chi connectivity index (χ0v) is 20.4. The molecule has 8 nitrogen and oxygen atoms in total. The number of carbonyl (C=O) groups is 2. The standard InChI is InChI=1S/C26H34FN5O3/c1-16-28-24-8-10-31(15-25(24)29-16)26(34)35-22-13-20-6-7-21(14-22)32(20)11-9-23(30-17(2)33)18-4-3-5-19(27)12-18/h3-5,12,20-23H,6-11,13-15H2,1-2H3,(H,28,29)(H,30,33)/t20?,21?,22?,23-/m0/s1. The van der Waals surface area contributed by atoms with Crippen molar-refractivity contribution in [3.8, 4) is 0 Å². The third kappa shape index (κ3) is 5.34. The Labute approximate surface area is 205 Å². The van der Waals surface area contributed by atoms with Gasteiger partial charge in [-0.1, -0.05) is 12.1 Å². The summed E-state index contributed by atoms with van der Waals surface area (Å²) in [5.41, 5.74) is 2.84. The number of aromatic amines is 1. The number of H-pyrrole nitrogens is 1. The van der Waals surface area contributed by atoms with Crippen LogP contribution >= 0.6 is 0 Å². The van der Waals surface area contributed by atoms with Gasteiger partial charge < -0.3 is 19.9 Å². The lowest BCUT2D eigenvalue weighted by molar-refractivity contribution is -0.119. The molecule has 2 amide bonds. The molecule has 0 spiro atoms. The molecule has 0 aliphatic carbocycles. The van der Waals surface area contributed by atoms with Crippen LogP contribution in [-0.4, -0.2) is 63.0 Å². The second-order valence-electron chi connectivity index (χ2n) is 10.1. The molecule has 2 aromatic rings. The minimum atomic E-state index is -0.298. The van der Waals surface area contributed by atoms with Gasteiger partial charge in [-0.3, -0.25) is 9.69 Å². The van der Waals surface area contributed by atoms with Gasteiger partial charge in [-0.2, -0.15) is 0 Å². The Kier molecular flexibility index (Phi) is 6.77. The maximum Gasteiger partial charge on any atom is 0.410 e. The number of rotatable bonds is 6. The lowest BCUT2D eigenvalue weighted by atomic mass is 9.97. The summed E-state index contributed by atoms with van der Waals surface area (Å²) < 4.78 is 19.7. The summed E-state index contributed by atoms with van der Waals surface area (Å²) in [7, 11) is 0. The van der Waals surface area contributed by atoms with E-state index in [2.05, 4.69) is 20.2 Å². The lowest BCUT2D eigenvalue weighted by Gasteiger charge is -2.39. The number of amides is 2. The van der Waals surface area contributed by atoms with Gasteiger partial charge in [0.1, 0.15) is 17.7 Å². The number of nitrogens with one attached hydrogen (secondary N) is 2. The molecule has 0 saturated carbocycles. The molecule has 5 rings (SSSR count). The first-order valence-corrected chi connectivity index (χ1v) is 12.6. The number of aryl methyl sites for hydroxylation is 1. The van der Waals surface area contributed by atoms with Gasteiger partial charge >= 0.3 is 6.09 Å². The van der Waals surface area contributed by atoms with Crippen LogP contribution < -0.4 is 5.32 Å². The normalized spacial score (nSPS) is 24.7. The number of hydrogen-bond donors (Lipinski definition) is 2. The fourth-order valence-electron chi connectivity index (χ4n) is 6.06. The van der Waals surface area contributed by atoms with Crippen LogP contribution in [0, 0.1) is 12.7 Å². The van der Waals surface area contributed by atoms with Gasteiger partial charge in [0.2, 0.25) is 5.91 Å². The molecule has 0 radical (unpaired) electrons. The summed E-state index contributed by atoms with van der Waals surface area (Å²) in [6.07, 6.45) is 4.99. The van der Waals surface area contributed by atoms with Crippen molar-refractivity contribution in [1.29, 1.82) is 0 Å². The highest BCUT2D eigenvalue weighted by Crippen LogP contribution is 2.38. The van der Waals surface area contributed by atoms with Crippen molar-refractivity contribution in [2.24, 2.45) is 0 Å². The van der Waals surface area contributed by atoms with Crippen LogP contribution in [0.1, 0.15) is 67.8 Å². The van der Waals surface area contributed by atoms with Crippen LogP contribution in [-0.2, 0) is 22.5 Å². The molecule has 9 heteroatoms. The van der Waals surface area contributed by atoms with Crippen molar-refractivity contribution < 1.29 is 18.7 Å². The average molecular weight is 484 g/mol. The summed E-state index contributed by atoms with van der Waals surface area (Å²) in [6, 6.07) is 6.94. The van der Waals surface area contributed by atoms with Gasteiger partial charge in [0, 0.05) is 57.1 Å². The minimum Gasteiger partial charge on any atom is -0.446 e. The van der Waals surface area contributed by atoms with Crippen molar-refractivity contribution in [2.75, 3.05) is 13.1 Å². The zero-order chi connectivity index (χ0) is 24.5. The number of aromatic nitrogens is 2. The molecule has 2 unspecified atom stereocenters. The van der Waals surface area contributed by atoms with E-state index in [4.69, 9.17) is 4.74 Å². The van der Waals surface area contributed by atoms with Crippen molar-refractivity contribution >= 4 is 12.0 Å². The molecule has 3 aliphatic rings. The molecule has 2 fully saturated rings. The summed E-state index contributed by atoms with van der Waals surface area (Å²) in [5.74, 6) is 0.461. The highest BCUT2D eigenvalue weighted by Gasteiger charge is 2.42. The summed E-state index contributed by atoms with van der Waals surface area (Å²) in [5, 5.41) is 2.98. The second-order valence-corrected chi connectivity index (χ2v) is 10.1. The van der Waals surface area contributed by atoms with Crippen molar-refractivity contribution in [3.05, 3.63) is 52.9 Å². The van der Waals surface area contributed by atoms with Gasteiger partial charge in [0.15, 0.2) is 0 Å². The quantitative estimate of drug-likeness (QED) is 0.655. The number of carbonyl (C=O) groups excluding carboxylic acids is 2. The fourth-order valence-corrected chi connectivity index (χ4v) is 6.06. The molecule has 1 aromatic heterocycles. The molecule has 4 heterocycles. The van der Waals surface area contributed by atoms with E-state index < -0.39 is 0 Å². The van der Waals surface area contributed by atoms with Gasteiger partial charge in [0.25, 0.3) is 0 Å². The number of hydrogen-bond acceptors (Lipinski definition) is 5. The van der Waals surface area contributed by atoms with E-state index in [0.29, 0.717) is 31.6 Å². The van der Waals surface area contributed by atoms with Gasteiger partial charge in [-0.25, -0.2) is 14.2 Å². The Morgan fingerprint density at radius 3 is 2.77 bits per heavy atom. The Bertz CT molecular complexity index is 1070. The fraction of sp³-hybridized carbons (Fsp3) is 0.577. The van der Waals surface area contributed by atoms with Gasteiger partial charge in [-0.15, -0.1) is 0 Å². The van der Waals surface area contributed by atoms with Crippen LogP contribution in [0.3, 0.4) is 0 Å². The van der Waals surface area contributed by atoms with Crippen LogP contribution in [0.2, 0.25) is 0 Å².